The molecule has 62 heavy (non-hydrogen) atoms. The number of hydrogen-bond acceptors (Lipinski definition) is 8. The maximum Gasteiger partial charge on any atom is 2.00 e. The predicted octanol–water partition coefficient (Wildman–Crippen LogP) is 15.1. The van der Waals surface area contributed by atoms with Crippen molar-refractivity contribution in [2.45, 2.75) is 32.1 Å². The third-order valence-corrected chi connectivity index (χ3v) is 6.88. The number of carboxylic acid groups (broad SMARTS) is 1. The summed E-state index contributed by atoms with van der Waals surface area (Å²) in [6.45, 7) is 0. The summed E-state index contributed by atoms with van der Waals surface area (Å²) in [6.07, 6.45) is 12.6. The summed E-state index contributed by atoms with van der Waals surface area (Å²) < 4.78 is 124. The van der Waals surface area contributed by atoms with Gasteiger partial charge in [-0.25, -0.2) is 4.98 Å². The van der Waals surface area contributed by atoms with Crippen molar-refractivity contribution in [1.82, 2.24) is 29.9 Å². The van der Waals surface area contributed by atoms with E-state index in [1.165, 1.54) is 0 Å². The number of aliphatic carboxylic acids is 1. The zero-order valence-corrected chi connectivity index (χ0v) is 35.1. The van der Waals surface area contributed by atoms with Gasteiger partial charge in [-0.2, -0.15) is 0 Å². The molecule has 0 aliphatic rings. The largest absolute Gasteiger partial charge is 2.00 e. The van der Waals surface area contributed by atoms with E-state index in [9.17, 15) is 55.2 Å². The van der Waals surface area contributed by atoms with Crippen molar-refractivity contribution in [3.05, 3.63) is 146 Å². The van der Waals surface area contributed by atoms with Crippen molar-refractivity contribution in [2.75, 3.05) is 0 Å². The van der Waals surface area contributed by atoms with Gasteiger partial charge < -0.3 is 9.52 Å². The quantitative estimate of drug-likeness (QED) is 0.0650. The van der Waals surface area contributed by atoms with E-state index in [-0.39, 0.29) is 25.9 Å². The maximum atomic E-state index is 10.5. The van der Waals surface area contributed by atoms with Gasteiger partial charge in [-0.3, -0.25) is 29.7 Å². The molecule has 1 N–H and O–H groups in total. The topological polar surface area (TPSA) is 128 Å². The molecule has 0 saturated carbocycles. The minimum atomic E-state index is -10.7. The number of benzene rings is 1. The minimum absolute atomic E-state index is 0. The van der Waals surface area contributed by atoms with Gasteiger partial charge in [-0.15, -0.1) is 0 Å². The Balaban J connectivity index is 0.000000290. The first-order valence-corrected chi connectivity index (χ1v) is 21.4. The number of nitrogens with zero attached hydrogens (tertiary/aromatic N) is 6. The van der Waals surface area contributed by atoms with Crippen LogP contribution in [0.4, 0.5) is 50.4 Å². The molecular formula is C38H34F12N6O3P2Ru. The molecule has 0 aliphatic heterocycles. The summed E-state index contributed by atoms with van der Waals surface area (Å²) in [5.41, 5.74) is 7.12. The van der Waals surface area contributed by atoms with Crippen LogP contribution in [0.25, 0.3) is 45.5 Å². The van der Waals surface area contributed by atoms with E-state index >= 15 is 0 Å². The normalized spacial score (nSPS) is 13.0. The number of aromatic nitrogens is 6. The molecular weight excluding hydrogens is 979 g/mol. The monoisotopic (exact) mass is 1010 g/mol. The number of hydrogen-bond donors (Lipinski definition) is 1. The first kappa shape index (κ1) is 52.7. The summed E-state index contributed by atoms with van der Waals surface area (Å²) in [6, 6.07) is 34.8. The van der Waals surface area contributed by atoms with Gasteiger partial charge >= 0.3 is 91.4 Å². The van der Waals surface area contributed by atoms with Gasteiger partial charge in [-0.05, 0) is 97.6 Å². The number of aryl methyl sites for hydroxylation is 1. The summed E-state index contributed by atoms with van der Waals surface area (Å²) >= 11 is 0. The van der Waals surface area contributed by atoms with E-state index in [2.05, 4.69) is 29.9 Å². The molecule has 6 heterocycles. The Morgan fingerprint density at radius 2 is 0.887 bits per heavy atom. The molecule has 0 fully saturated rings. The Bertz CT molecular complexity index is 2190. The van der Waals surface area contributed by atoms with Crippen LogP contribution in [0.1, 0.15) is 31.2 Å². The number of carboxylic acids is 1. The zero-order chi connectivity index (χ0) is 45.3. The van der Waals surface area contributed by atoms with E-state index in [4.69, 9.17) is 9.52 Å². The molecule has 0 saturated heterocycles. The van der Waals surface area contributed by atoms with E-state index in [0.717, 1.165) is 70.8 Å². The van der Waals surface area contributed by atoms with Crippen LogP contribution in [0.2, 0.25) is 0 Å². The van der Waals surface area contributed by atoms with Crippen LogP contribution in [0.15, 0.2) is 145 Å². The number of para-hydroxylation sites is 2. The third-order valence-electron chi connectivity index (χ3n) is 6.88. The van der Waals surface area contributed by atoms with Gasteiger partial charge in [0.2, 0.25) is 5.89 Å². The fourth-order valence-electron chi connectivity index (χ4n) is 4.57. The molecule has 7 aromatic rings. The van der Waals surface area contributed by atoms with Crippen LogP contribution in [-0.2, 0) is 30.7 Å². The molecule has 0 amide bonds. The molecule has 0 unspecified atom stereocenters. The van der Waals surface area contributed by atoms with Crippen molar-refractivity contribution < 1.29 is 84.2 Å². The van der Waals surface area contributed by atoms with Crippen LogP contribution in [-0.4, -0.2) is 41.0 Å². The SMILES string of the molecule is F[P-](F)(F)(F)(F)F.F[P-](F)(F)(F)(F)F.O=C(O)CCCCCc1ccnc(-c2nc3ccccc3o2)c1.[Ru+2].c1ccc(-c2ccccn2)nc1.c1ccc(-c2ccccn2)nc1. The Morgan fingerprint density at radius 1 is 0.500 bits per heavy atom. The number of halogens is 12. The van der Waals surface area contributed by atoms with Crippen LogP contribution in [0, 0.1) is 0 Å². The standard InChI is InChI=1S/C18H18N2O3.2C10H8N2.2F6P.Ru/c21-17(22)9-3-1-2-6-13-10-11-19-15(12-13)18-20-14-7-4-5-8-16(14)23-18;2*1-3-7-11-9(5-1)10-6-2-4-8-12-10;2*1-7(2,3,4,5)6;/h4-5,7-8,10-12H,1-3,6,9H2,(H,21,22);2*1-8H;;;/q;;;2*-1;+2. The summed E-state index contributed by atoms with van der Waals surface area (Å²) in [4.78, 5) is 36.0. The second-order valence-corrected chi connectivity index (χ2v) is 16.1. The van der Waals surface area contributed by atoms with Crippen LogP contribution >= 0.6 is 15.6 Å². The number of fused-ring (bicyclic) bond motifs is 1. The van der Waals surface area contributed by atoms with Crippen LogP contribution in [0.5, 0.6) is 0 Å². The van der Waals surface area contributed by atoms with Crippen molar-refractivity contribution in [3.8, 4) is 34.4 Å². The summed E-state index contributed by atoms with van der Waals surface area (Å²) in [5, 5.41) is 8.63. The number of carbonyl (C=O) groups is 1. The molecule has 0 spiro atoms. The molecule has 6 aromatic heterocycles. The van der Waals surface area contributed by atoms with Gasteiger partial charge in [0.15, 0.2) is 5.58 Å². The van der Waals surface area contributed by atoms with Crippen LogP contribution in [0.3, 0.4) is 0 Å². The smallest absolute Gasteiger partial charge is 0.481 e. The van der Waals surface area contributed by atoms with Crippen molar-refractivity contribution in [1.29, 1.82) is 0 Å². The van der Waals surface area contributed by atoms with Gasteiger partial charge in [0.05, 0.1) is 22.8 Å². The summed E-state index contributed by atoms with van der Waals surface area (Å²) in [7, 11) is -21.3. The Morgan fingerprint density at radius 3 is 1.26 bits per heavy atom. The molecule has 336 valence electrons. The number of oxazole rings is 1. The van der Waals surface area contributed by atoms with Crippen molar-refractivity contribution in [3.63, 3.8) is 0 Å². The second kappa shape index (κ2) is 20.6. The molecule has 9 nitrogen and oxygen atoms in total. The minimum Gasteiger partial charge on any atom is -0.481 e. The van der Waals surface area contributed by atoms with Gasteiger partial charge in [0.1, 0.15) is 11.2 Å². The molecule has 24 heteroatoms. The van der Waals surface area contributed by atoms with Gasteiger partial charge in [0, 0.05) is 37.4 Å². The molecule has 0 radical (unpaired) electrons. The molecule has 0 bridgehead atoms. The van der Waals surface area contributed by atoms with E-state index in [1.807, 2.05) is 109 Å². The van der Waals surface area contributed by atoms with Gasteiger partial charge in [0.25, 0.3) is 0 Å². The Labute approximate surface area is 358 Å². The average molecular weight is 1010 g/mol. The van der Waals surface area contributed by atoms with Crippen LogP contribution < -0.4 is 0 Å². The summed E-state index contributed by atoms with van der Waals surface area (Å²) in [5.74, 6) is -0.203. The number of rotatable bonds is 9. The Hall–Kier alpha value is -5.45. The molecule has 0 aliphatic carbocycles. The second-order valence-electron chi connectivity index (χ2n) is 12.3. The molecule has 0 atom stereocenters. The molecule has 7 rings (SSSR count). The maximum absolute atomic E-state index is 10.7. The molecule has 1 aromatic carbocycles. The third kappa shape index (κ3) is 27.4. The van der Waals surface area contributed by atoms with Crippen molar-refractivity contribution in [2.24, 2.45) is 0 Å². The van der Waals surface area contributed by atoms with E-state index in [0.29, 0.717) is 5.89 Å². The fraction of sp³-hybridized carbons (Fsp3) is 0.132. The number of unbranched alkanes of at least 4 members (excludes halogenated alkanes) is 2. The first-order chi connectivity index (χ1) is 28.1. The Kier molecular flexibility index (Phi) is 17.5. The number of pyridine rings is 5. The average Bonchev–Trinajstić information content (AvgIpc) is 3.62. The van der Waals surface area contributed by atoms with Crippen molar-refractivity contribution >= 4 is 32.7 Å². The van der Waals surface area contributed by atoms with Gasteiger partial charge in [-0.1, -0.05) is 42.8 Å². The first-order valence-electron chi connectivity index (χ1n) is 17.4. The zero-order valence-electron chi connectivity index (χ0n) is 31.5. The predicted molar refractivity (Wildman–Crippen MR) is 209 cm³/mol. The fourth-order valence-corrected chi connectivity index (χ4v) is 4.57. The van der Waals surface area contributed by atoms with E-state index < -0.39 is 21.6 Å². The van der Waals surface area contributed by atoms with E-state index in [1.54, 1.807) is 31.0 Å².